The Labute approximate surface area is 106 Å². The van der Waals surface area contributed by atoms with Crippen molar-refractivity contribution in [2.45, 2.75) is 36.2 Å². The van der Waals surface area contributed by atoms with Crippen LogP contribution in [-0.2, 0) is 10.8 Å². The van der Waals surface area contributed by atoms with Crippen molar-refractivity contribution in [1.29, 1.82) is 0 Å². The van der Waals surface area contributed by atoms with Crippen LogP contribution in [-0.4, -0.2) is 16.0 Å². The number of benzene rings is 1. The van der Waals surface area contributed by atoms with Crippen LogP contribution in [0.5, 0.6) is 0 Å². The van der Waals surface area contributed by atoms with Crippen LogP contribution in [0.25, 0.3) is 0 Å². The normalized spacial score (nSPS) is 28.8. The minimum atomic E-state index is -0.799. The highest BCUT2D eigenvalue weighted by molar-refractivity contribution is 9.10. The molecule has 0 bridgehead atoms. The zero-order chi connectivity index (χ0) is 11.1. The molecule has 0 aromatic heterocycles. The van der Waals surface area contributed by atoms with E-state index in [0.29, 0.717) is 12.1 Å². The molecule has 1 aliphatic carbocycles. The van der Waals surface area contributed by atoms with Crippen molar-refractivity contribution >= 4 is 26.7 Å². The van der Waals surface area contributed by atoms with E-state index in [4.69, 9.17) is 0 Å². The van der Waals surface area contributed by atoms with Gasteiger partial charge in [-0.1, -0.05) is 15.9 Å². The average molecular weight is 300 g/mol. The first-order valence-electron chi connectivity index (χ1n) is 5.68. The minimum Gasteiger partial charge on any atom is -0.307 e. The Bertz CT molecular complexity index is 445. The summed E-state index contributed by atoms with van der Waals surface area (Å²) >= 11 is 3.49. The molecule has 1 heterocycles. The van der Waals surface area contributed by atoms with E-state index < -0.39 is 10.8 Å². The fraction of sp³-hybridized carbons (Fsp3) is 0.500. The molecule has 0 saturated heterocycles. The summed E-state index contributed by atoms with van der Waals surface area (Å²) in [5, 5.41) is 3.64. The van der Waals surface area contributed by atoms with Crippen molar-refractivity contribution in [3.8, 4) is 0 Å². The number of rotatable bonds is 2. The molecule has 86 valence electrons. The molecule has 0 radical (unpaired) electrons. The first-order chi connectivity index (χ1) is 7.74. The van der Waals surface area contributed by atoms with Gasteiger partial charge < -0.3 is 5.32 Å². The molecule has 4 heteroatoms. The van der Waals surface area contributed by atoms with Gasteiger partial charge in [-0.25, -0.2) is 0 Å². The van der Waals surface area contributed by atoms with Crippen LogP contribution in [0.2, 0.25) is 0 Å². The van der Waals surface area contributed by atoms with Crippen molar-refractivity contribution in [1.82, 2.24) is 5.32 Å². The number of halogens is 1. The lowest BCUT2D eigenvalue weighted by Crippen LogP contribution is -2.29. The molecule has 2 atom stereocenters. The molecule has 1 aliphatic heterocycles. The van der Waals surface area contributed by atoms with Gasteiger partial charge in [0.1, 0.15) is 0 Å². The SMILES string of the molecule is O=S1CCC(NC2CC2)c2cc(Br)ccc21. The van der Waals surface area contributed by atoms with Crippen LogP contribution in [0.1, 0.15) is 30.9 Å². The lowest BCUT2D eigenvalue weighted by Gasteiger charge is -2.26. The molecule has 3 rings (SSSR count). The van der Waals surface area contributed by atoms with Gasteiger partial charge in [0.2, 0.25) is 0 Å². The van der Waals surface area contributed by atoms with Gasteiger partial charge in [0.05, 0.1) is 10.8 Å². The maximum atomic E-state index is 11.9. The Morgan fingerprint density at radius 1 is 1.31 bits per heavy atom. The Kier molecular flexibility index (Phi) is 2.90. The third-order valence-corrected chi connectivity index (χ3v) is 5.16. The highest BCUT2D eigenvalue weighted by Crippen LogP contribution is 2.34. The molecule has 16 heavy (non-hydrogen) atoms. The fourth-order valence-electron chi connectivity index (χ4n) is 2.20. The molecule has 1 fully saturated rings. The summed E-state index contributed by atoms with van der Waals surface area (Å²) < 4.78 is 13.0. The van der Waals surface area contributed by atoms with E-state index in [2.05, 4.69) is 27.3 Å². The molecule has 1 aromatic carbocycles. The van der Waals surface area contributed by atoms with E-state index in [9.17, 15) is 4.21 Å². The number of fused-ring (bicyclic) bond motifs is 1. The third-order valence-electron chi connectivity index (χ3n) is 3.20. The molecule has 1 aromatic rings. The predicted molar refractivity (Wildman–Crippen MR) is 68.9 cm³/mol. The summed E-state index contributed by atoms with van der Waals surface area (Å²) in [7, 11) is -0.799. The van der Waals surface area contributed by atoms with E-state index in [1.807, 2.05) is 12.1 Å². The summed E-state index contributed by atoms with van der Waals surface area (Å²) in [6.07, 6.45) is 3.58. The largest absolute Gasteiger partial charge is 0.307 e. The standard InChI is InChI=1S/C12H14BrNOS/c13-8-1-4-12-10(7-8)11(5-6-16(12)15)14-9-2-3-9/h1,4,7,9,11,14H,2-3,5-6H2. The second kappa shape index (κ2) is 4.24. The predicted octanol–water partition coefficient (Wildman–Crippen LogP) is 2.75. The smallest absolute Gasteiger partial charge is 0.0533 e. The Morgan fingerprint density at radius 3 is 2.88 bits per heavy atom. The first-order valence-corrected chi connectivity index (χ1v) is 7.79. The van der Waals surface area contributed by atoms with Crippen LogP contribution in [0.15, 0.2) is 27.6 Å². The van der Waals surface area contributed by atoms with E-state index in [0.717, 1.165) is 21.5 Å². The topological polar surface area (TPSA) is 29.1 Å². The summed E-state index contributed by atoms with van der Waals surface area (Å²) in [5.74, 6) is 0.791. The third kappa shape index (κ3) is 2.11. The minimum absolute atomic E-state index is 0.401. The Morgan fingerprint density at radius 2 is 2.12 bits per heavy atom. The molecular formula is C12H14BrNOS. The number of hydrogen-bond acceptors (Lipinski definition) is 2. The maximum absolute atomic E-state index is 11.9. The van der Waals surface area contributed by atoms with Crippen LogP contribution < -0.4 is 5.32 Å². The molecule has 0 spiro atoms. The van der Waals surface area contributed by atoms with Crippen molar-refractivity contribution in [2.24, 2.45) is 0 Å². The Hall–Kier alpha value is -0.190. The molecule has 0 amide bonds. The van der Waals surface area contributed by atoms with E-state index >= 15 is 0 Å². The quantitative estimate of drug-likeness (QED) is 0.910. The van der Waals surface area contributed by atoms with Gasteiger partial charge in [0.15, 0.2) is 0 Å². The lowest BCUT2D eigenvalue weighted by molar-refractivity contribution is 0.501. The van der Waals surface area contributed by atoms with Crippen LogP contribution in [0.4, 0.5) is 0 Å². The fourth-order valence-corrected chi connectivity index (χ4v) is 3.93. The summed E-state index contributed by atoms with van der Waals surface area (Å²) in [6.45, 7) is 0. The maximum Gasteiger partial charge on any atom is 0.0533 e. The van der Waals surface area contributed by atoms with Gasteiger partial charge in [-0.3, -0.25) is 4.21 Å². The van der Waals surface area contributed by atoms with Gasteiger partial charge >= 0.3 is 0 Å². The van der Waals surface area contributed by atoms with Gasteiger partial charge in [-0.15, -0.1) is 0 Å². The second-order valence-corrected chi connectivity index (χ2v) is 6.97. The van der Waals surface area contributed by atoms with Gasteiger partial charge in [-0.05, 0) is 43.0 Å². The lowest BCUT2D eigenvalue weighted by atomic mass is 10.0. The van der Waals surface area contributed by atoms with Crippen molar-refractivity contribution in [3.63, 3.8) is 0 Å². The number of hydrogen-bond donors (Lipinski definition) is 1. The molecule has 1 saturated carbocycles. The number of nitrogens with one attached hydrogen (secondary N) is 1. The van der Waals surface area contributed by atoms with E-state index in [1.165, 1.54) is 18.4 Å². The van der Waals surface area contributed by atoms with Gasteiger partial charge in [0.25, 0.3) is 0 Å². The molecule has 2 aliphatic rings. The molecule has 1 N–H and O–H groups in total. The second-order valence-electron chi connectivity index (χ2n) is 4.51. The van der Waals surface area contributed by atoms with Crippen LogP contribution >= 0.6 is 15.9 Å². The highest BCUT2D eigenvalue weighted by atomic mass is 79.9. The van der Waals surface area contributed by atoms with Crippen molar-refractivity contribution in [2.75, 3.05) is 5.75 Å². The Balaban J connectivity index is 1.96. The van der Waals surface area contributed by atoms with Crippen molar-refractivity contribution in [3.05, 3.63) is 28.2 Å². The van der Waals surface area contributed by atoms with Crippen LogP contribution in [0, 0.1) is 0 Å². The summed E-state index contributed by atoms with van der Waals surface area (Å²) in [6, 6.07) is 7.19. The zero-order valence-corrected chi connectivity index (χ0v) is 11.3. The van der Waals surface area contributed by atoms with E-state index in [-0.39, 0.29) is 0 Å². The molecule has 2 nitrogen and oxygen atoms in total. The van der Waals surface area contributed by atoms with E-state index in [1.54, 1.807) is 0 Å². The first kappa shape index (κ1) is 10.9. The van der Waals surface area contributed by atoms with Crippen LogP contribution in [0.3, 0.4) is 0 Å². The average Bonchev–Trinajstić information content (AvgIpc) is 3.06. The van der Waals surface area contributed by atoms with Crippen molar-refractivity contribution < 1.29 is 4.21 Å². The zero-order valence-electron chi connectivity index (χ0n) is 8.91. The van der Waals surface area contributed by atoms with Gasteiger partial charge in [0, 0.05) is 27.2 Å². The molecule has 2 unspecified atom stereocenters. The summed E-state index contributed by atoms with van der Waals surface area (Å²) in [4.78, 5) is 1.02. The monoisotopic (exact) mass is 299 g/mol. The summed E-state index contributed by atoms with van der Waals surface area (Å²) in [5.41, 5.74) is 1.23. The van der Waals surface area contributed by atoms with Gasteiger partial charge in [-0.2, -0.15) is 0 Å². The molecular weight excluding hydrogens is 286 g/mol. The highest BCUT2D eigenvalue weighted by Gasteiger charge is 2.30.